The quantitative estimate of drug-likeness (QED) is 0.784. The predicted octanol–water partition coefficient (Wildman–Crippen LogP) is 2.85. The van der Waals surface area contributed by atoms with Gasteiger partial charge < -0.3 is 9.80 Å². The number of hydrogen-bond donors (Lipinski definition) is 0. The second-order valence-corrected chi connectivity index (χ2v) is 6.51. The normalized spacial score (nSPS) is 17.5. The maximum atomic E-state index is 12.6. The highest BCUT2D eigenvalue weighted by Gasteiger charge is 2.22. The van der Waals surface area contributed by atoms with E-state index in [2.05, 4.69) is 33.8 Å². The van der Waals surface area contributed by atoms with Crippen LogP contribution in [0.25, 0.3) is 0 Å². The second kappa shape index (κ2) is 7.41. The first kappa shape index (κ1) is 15.0. The van der Waals surface area contributed by atoms with E-state index in [4.69, 9.17) is 0 Å². The molecule has 1 aliphatic rings. The maximum Gasteiger partial charge on any atom is 0.264 e. The Kier molecular flexibility index (Phi) is 5.85. The van der Waals surface area contributed by atoms with Crippen LogP contribution >= 0.6 is 27.3 Å². The van der Waals surface area contributed by atoms with Crippen molar-refractivity contribution in [2.75, 3.05) is 38.1 Å². The molecule has 1 amide bonds. The summed E-state index contributed by atoms with van der Waals surface area (Å²) in [6, 6.07) is 2.08. The molecule has 0 unspecified atom stereocenters. The number of nitrogens with zero attached hydrogens (tertiary/aromatic N) is 2. The summed E-state index contributed by atoms with van der Waals surface area (Å²) in [6.45, 7) is 7.01. The Hall–Kier alpha value is -0.390. The third-order valence-corrected chi connectivity index (χ3v) is 4.90. The highest BCUT2D eigenvalue weighted by atomic mass is 79.9. The topological polar surface area (TPSA) is 23.6 Å². The summed E-state index contributed by atoms with van der Waals surface area (Å²) in [5, 5.41) is 3.03. The van der Waals surface area contributed by atoms with Gasteiger partial charge in [0.05, 0.1) is 4.88 Å². The summed E-state index contributed by atoms with van der Waals surface area (Å²) in [4.78, 5) is 18.0. The third-order valence-electron chi connectivity index (χ3n) is 3.60. The minimum absolute atomic E-state index is 0.229. The molecule has 1 aromatic heterocycles. The van der Waals surface area contributed by atoms with Crippen molar-refractivity contribution >= 4 is 33.2 Å². The number of thiophene rings is 1. The molecule has 0 aliphatic carbocycles. The molecule has 5 heteroatoms. The number of halogens is 1. The molecule has 19 heavy (non-hydrogen) atoms. The average molecular weight is 345 g/mol. The Morgan fingerprint density at radius 3 is 2.95 bits per heavy atom. The predicted molar refractivity (Wildman–Crippen MR) is 84.5 cm³/mol. The number of rotatable bonds is 4. The van der Waals surface area contributed by atoms with Gasteiger partial charge in [-0.25, -0.2) is 0 Å². The molecule has 0 bridgehead atoms. The Morgan fingerprint density at radius 2 is 2.21 bits per heavy atom. The molecule has 0 saturated carbocycles. The van der Waals surface area contributed by atoms with Crippen molar-refractivity contribution in [3.05, 3.63) is 21.9 Å². The minimum Gasteiger partial charge on any atom is -0.337 e. The Morgan fingerprint density at radius 1 is 1.37 bits per heavy atom. The van der Waals surface area contributed by atoms with Gasteiger partial charge in [-0.3, -0.25) is 4.79 Å². The molecule has 2 heterocycles. The van der Waals surface area contributed by atoms with Crippen molar-refractivity contribution in [2.45, 2.75) is 19.8 Å². The van der Waals surface area contributed by atoms with Crippen LogP contribution in [0.3, 0.4) is 0 Å². The third kappa shape index (κ3) is 3.80. The molecular formula is C14H21BrN2OS. The fourth-order valence-corrected chi connectivity index (χ4v) is 3.93. The van der Waals surface area contributed by atoms with E-state index in [-0.39, 0.29) is 5.91 Å². The first-order valence-corrected chi connectivity index (χ1v) is 8.90. The van der Waals surface area contributed by atoms with Crippen molar-refractivity contribution in [1.29, 1.82) is 0 Å². The first-order valence-electron chi connectivity index (χ1n) is 6.90. The Balaban J connectivity index is 2.00. The van der Waals surface area contributed by atoms with Crippen LogP contribution in [0, 0.1) is 0 Å². The van der Waals surface area contributed by atoms with E-state index < -0.39 is 0 Å². The fraction of sp³-hybridized carbons (Fsp3) is 0.643. The monoisotopic (exact) mass is 344 g/mol. The number of hydrogen-bond acceptors (Lipinski definition) is 3. The van der Waals surface area contributed by atoms with Crippen LogP contribution in [0.1, 0.15) is 28.6 Å². The lowest BCUT2D eigenvalue weighted by Gasteiger charge is -2.21. The van der Waals surface area contributed by atoms with Gasteiger partial charge in [0.15, 0.2) is 0 Å². The van der Waals surface area contributed by atoms with Crippen molar-refractivity contribution < 1.29 is 4.79 Å². The maximum absolute atomic E-state index is 12.6. The molecule has 2 rings (SSSR count). The van der Waals surface area contributed by atoms with Gasteiger partial charge in [-0.05, 0) is 36.4 Å². The molecule has 1 fully saturated rings. The van der Waals surface area contributed by atoms with Crippen molar-refractivity contribution in [3.63, 3.8) is 0 Å². The van der Waals surface area contributed by atoms with E-state index in [1.807, 2.05) is 10.3 Å². The van der Waals surface area contributed by atoms with Crippen LogP contribution in [-0.4, -0.2) is 53.8 Å². The van der Waals surface area contributed by atoms with Gasteiger partial charge >= 0.3 is 0 Å². The Bertz CT molecular complexity index is 421. The van der Waals surface area contributed by atoms with Crippen LogP contribution in [-0.2, 0) is 6.42 Å². The van der Waals surface area contributed by atoms with Gasteiger partial charge in [-0.15, -0.1) is 11.3 Å². The zero-order valence-corrected chi connectivity index (χ0v) is 13.8. The molecule has 1 aromatic rings. The number of alkyl halides is 1. The van der Waals surface area contributed by atoms with Crippen LogP contribution in [0.4, 0.5) is 0 Å². The van der Waals surface area contributed by atoms with Gasteiger partial charge in [-0.2, -0.15) is 0 Å². The van der Waals surface area contributed by atoms with Gasteiger partial charge in [0.1, 0.15) is 0 Å². The lowest BCUT2D eigenvalue weighted by atomic mass is 10.2. The molecule has 0 spiro atoms. The summed E-state index contributed by atoms with van der Waals surface area (Å²) < 4.78 is 0. The van der Waals surface area contributed by atoms with Crippen LogP contribution in [0.5, 0.6) is 0 Å². The standard InChI is InChI=1S/C14H21BrN2OS/c1-2-12-4-11-19-13(12)14(18)17-7-3-6-16(8-5-15)9-10-17/h4,11H,2-3,5-10H2,1H3. The molecule has 106 valence electrons. The van der Waals surface area contributed by atoms with E-state index in [0.717, 1.165) is 55.8 Å². The van der Waals surface area contributed by atoms with E-state index in [1.165, 1.54) is 5.56 Å². The van der Waals surface area contributed by atoms with Crippen molar-refractivity contribution in [3.8, 4) is 0 Å². The number of amides is 1. The van der Waals surface area contributed by atoms with E-state index in [0.29, 0.717) is 0 Å². The summed E-state index contributed by atoms with van der Waals surface area (Å²) in [7, 11) is 0. The average Bonchev–Trinajstić information content (AvgIpc) is 2.78. The smallest absolute Gasteiger partial charge is 0.264 e. The lowest BCUT2D eigenvalue weighted by Crippen LogP contribution is -2.35. The highest BCUT2D eigenvalue weighted by Crippen LogP contribution is 2.20. The Labute approximate surface area is 127 Å². The zero-order valence-electron chi connectivity index (χ0n) is 11.4. The largest absolute Gasteiger partial charge is 0.337 e. The van der Waals surface area contributed by atoms with E-state index >= 15 is 0 Å². The van der Waals surface area contributed by atoms with Gasteiger partial charge in [0.25, 0.3) is 5.91 Å². The number of carbonyl (C=O) groups is 1. The van der Waals surface area contributed by atoms with Crippen LogP contribution in [0.15, 0.2) is 11.4 Å². The SMILES string of the molecule is CCc1ccsc1C(=O)N1CCCN(CCBr)CC1. The number of aryl methyl sites for hydroxylation is 1. The molecule has 0 aromatic carbocycles. The van der Waals surface area contributed by atoms with Gasteiger partial charge in [-0.1, -0.05) is 22.9 Å². The summed E-state index contributed by atoms with van der Waals surface area (Å²) in [5.41, 5.74) is 1.19. The fourth-order valence-electron chi connectivity index (χ4n) is 2.46. The molecule has 0 N–H and O–H groups in total. The second-order valence-electron chi connectivity index (χ2n) is 4.80. The molecular weight excluding hydrogens is 324 g/mol. The highest BCUT2D eigenvalue weighted by molar-refractivity contribution is 9.09. The van der Waals surface area contributed by atoms with Crippen molar-refractivity contribution in [1.82, 2.24) is 9.80 Å². The molecule has 1 aliphatic heterocycles. The lowest BCUT2D eigenvalue weighted by molar-refractivity contribution is 0.0765. The zero-order chi connectivity index (χ0) is 13.7. The van der Waals surface area contributed by atoms with E-state index in [1.54, 1.807) is 11.3 Å². The van der Waals surface area contributed by atoms with Crippen LogP contribution < -0.4 is 0 Å². The molecule has 1 saturated heterocycles. The molecule has 0 radical (unpaired) electrons. The summed E-state index contributed by atoms with van der Waals surface area (Å²) in [6.07, 6.45) is 2.01. The first-order chi connectivity index (χ1) is 9.26. The summed E-state index contributed by atoms with van der Waals surface area (Å²) >= 11 is 5.07. The van der Waals surface area contributed by atoms with Crippen molar-refractivity contribution in [2.24, 2.45) is 0 Å². The van der Waals surface area contributed by atoms with Gasteiger partial charge in [0, 0.05) is 31.5 Å². The summed E-state index contributed by atoms with van der Waals surface area (Å²) in [5.74, 6) is 0.229. The van der Waals surface area contributed by atoms with Gasteiger partial charge in [0.2, 0.25) is 0 Å². The minimum atomic E-state index is 0.229. The molecule has 3 nitrogen and oxygen atoms in total. The number of carbonyl (C=O) groups excluding carboxylic acids is 1. The van der Waals surface area contributed by atoms with Crippen LogP contribution in [0.2, 0.25) is 0 Å². The van der Waals surface area contributed by atoms with E-state index in [9.17, 15) is 4.79 Å². The molecule has 0 atom stereocenters.